The molecule has 2 aromatic heterocycles. The van der Waals surface area contributed by atoms with Crippen LogP contribution in [0.5, 0.6) is 0 Å². The summed E-state index contributed by atoms with van der Waals surface area (Å²) in [6, 6.07) is 0.0000467. The zero-order chi connectivity index (χ0) is 20.5. The van der Waals surface area contributed by atoms with E-state index in [2.05, 4.69) is 10.3 Å². The van der Waals surface area contributed by atoms with Gasteiger partial charge in [0.2, 0.25) is 0 Å². The average Bonchev–Trinajstić information content (AvgIpc) is 3.05. The molecule has 2 aromatic rings. The molecule has 0 atom stereocenters. The number of piperidine rings is 1. The smallest absolute Gasteiger partial charge is 0.409 e. The SMILES string of the molecule is CCOC(=O)N1CCC(NC(=O)c2sc3nc4n(c(=O)c3c2C)CCCC4)CC1. The molecule has 0 saturated carbocycles. The third-order valence-electron chi connectivity index (χ3n) is 5.72. The van der Waals surface area contributed by atoms with E-state index in [1.54, 1.807) is 16.4 Å². The highest BCUT2D eigenvalue weighted by molar-refractivity contribution is 7.20. The largest absolute Gasteiger partial charge is 0.450 e. The lowest BCUT2D eigenvalue weighted by Gasteiger charge is -2.31. The molecular formula is C20H26N4O4S. The Morgan fingerprint density at radius 1 is 1.24 bits per heavy atom. The van der Waals surface area contributed by atoms with Gasteiger partial charge >= 0.3 is 6.09 Å². The molecule has 0 aromatic carbocycles. The van der Waals surface area contributed by atoms with Gasteiger partial charge in [-0.25, -0.2) is 9.78 Å². The zero-order valence-corrected chi connectivity index (χ0v) is 17.6. The number of aromatic nitrogens is 2. The van der Waals surface area contributed by atoms with E-state index in [1.165, 1.54) is 11.3 Å². The number of carbonyl (C=O) groups excluding carboxylic acids is 2. The second kappa shape index (κ2) is 8.14. The number of nitrogens with zero attached hydrogens (tertiary/aromatic N) is 3. The van der Waals surface area contributed by atoms with Gasteiger partial charge in [0.15, 0.2) is 0 Å². The Balaban J connectivity index is 1.50. The molecule has 2 aliphatic heterocycles. The molecule has 0 bridgehead atoms. The summed E-state index contributed by atoms with van der Waals surface area (Å²) in [5, 5.41) is 3.65. The van der Waals surface area contributed by atoms with E-state index < -0.39 is 0 Å². The lowest BCUT2D eigenvalue weighted by atomic mass is 10.1. The van der Waals surface area contributed by atoms with Crippen LogP contribution in [0.2, 0.25) is 0 Å². The van der Waals surface area contributed by atoms with Crippen LogP contribution in [0.15, 0.2) is 4.79 Å². The fourth-order valence-corrected chi connectivity index (χ4v) is 5.22. The molecule has 156 valence electrons. The van der Waals surface area contributed by atoms with Crippen LogP contribution in [0.1, 0.15) is 53.7 Å². The molecule has 4 heterocycles. The number of ether oxygens (including phenoxy) is 1. The Morgan fingerprint density at radius 2 is 2.00 bits per heavy atom. The van der Waals surface area contributed by atoms with Crippen molar-refractivity contribution in [2.45, 2.75) is 58.5 Å². The average molecular weight is 419 g/mol. The van der Waals surface area contributed by atoms with E-state index in [-0.39, 0.29) is 23.6 Å². The molecule has 0 aliphatic carbocycles. The first-order valence-electron chi connectivity index (χ1n) is 10.2. The van der Waals surface area contributed by atoms with Gasteiger partial charge in [-0.1, -0.05) is 0 Å². The molecule has 0 radical (unpaired) electrons. The molecule has 2 amide bonds. The van der Waals surface area contributed by atoms with E-state index in [0.717, 1.165) is 25.1 Å². The summed E-state index contributed by atoms with van der Waals surface area (Å²) in [6.45, 7) is 5.80. The van der Waals surface area contributed by atoms with Crippen LogP contribution < -0.4 is 10.9 Å². The Kier molecular flexibility index (Phi) is 5.58. The minimum absolute atomic E-state index is 0.0000467. The maximum absolute atomic E-state index is 12.9. The van der Waals surface area contributed by atoms with Crippen molar-refractivity contribution in [3.05, 3.63) is 26.6 Å². The fourth-order valence-electron chi connectivity index (χ4n) is 4.12. The van der Waals surface area contributed by atoms with E-state index in [1.807, 2.05) is 6.92 Å². The van der Waals surface area contributed by atoms with Crippen molar-refractivity contribution in [1.82, 2.24) is 19.8 Å². The van der Waals surface area contributed by atoms with Crippen molar-refractivity contribution in [3.63, 3.8) is 0 Å². The van der Waals surface area contributed by atoms with Gasteiger partial charge in [0.25, 0.3) is 11.5 Å². The van der Waals surface area contributed by atoms with E-state index >= 15 is 0 Å². The molecule has 1 N–H and O–H groups in total. The number of rotatable bonds is 3. The van der Waals surface area contributed by atoms with Crippen LogP contribution in [0.4, 0.5) is 4.79 Å². The fraction of sp³-hybridized carbons (Fsp3) is 0.600. The first-order chi connectivity index (χ1) is 14.0. The molecule has 0 spiro atoms. The normalized spacial score (nSPS) is 17.2. The van der Waals surface area contributed by atoms with Crippen LogP contribution in [0.3, 0.4) is 0 Å². The van der Waals surface area contributed by atoms with Gasteiger partial charge in [0.05, 0.1) is 16.9 Å². The van der Waals surface area contributed by atoms with E-state index in [4.69, 9.17) is 4.74 Å². The molecule has 1 fully saturated rings. The highest BCUT2D eigenvalue weighted by Gasteiger charge is 2.27. The van der Waals surface area contributed by atoms with Gasteiger partial charge in [0, 0.05) is 32.1 Å². The third kappa shape index (κ3) is 3.75. The first-order valence-corrected chi connectivity index (χ1v) is 11.1. The number of thiophene rings is 1. The molecule has 29 heavy (non-hydrogen) atoms. The molecular weight excluding hydrogens is 392 g/mol. The van der Waals surface area contributed by atoms with Gasteiger partial charge < -0.3 is 15.0 Å². The topological polar surface area (TPSA) is 93.5 Å². The Morgan fingerprint density at radius 3 is 2.72 bits per heavy atom. The molecule has 2 aliphatic rings. The number of fused-ring (bicyclic) bond motifs is 2. The Labute approximate surface area is 172 Å². The lowest BCUT2D eigenvalue weighted by molar-refractivity contribution is 0.0862. The van der Waals surface area contributed by atoms with Crippen LogP contribution in [-0.2, 0) is 17.7 Å². The molecule has 8 nitrogen and oxygen atoms in total. The van der Waals surface area contributed by atoms with Gasteiger partial charge in [-0.05, 0) is 45.1 Å². The van der Waals surface area contributed by atoms with Crippen molar-refractivity contribution in [1.29, 1.82) is 0 Å². The van der Waals surface area contributed by atoms with Gasteiger partial charge in [-0.3, -0.25) is 14.2 Å². The minimum Gasteiger partial charge on any atom is -0.450 e. The van der Waals surface area contributed by atoms with Crippen molar-refractivity contribution in [2.24, 2.45) is 0 Å². The number of nitrogens with one attached hydrogen (secondary N) is 1. The molecule has 9 heteroatoms. The lowest BCUT2D eigenvalue weighted by Crippen LogP contribution is -2.46. The number of carbonyl (C=O) groups is 2. The first kappa shape index (κ1) is 19.9. The standard InChI is InChI=1S/C20H26N4O4S/c1-3-28-20(27)23-10-7-13(8-11-23)21-17(25)16-12(2)15-18(29-16)22-14-6-4-5-9-24(14)19(15)26/h13H,3-11H2,1-2H3,(H,21,25). The summed E-state index contributed by atoms with van der Waals surface area (Å²) < 4.78 is 6.79. The summed E-state index contributed by atoms with van der Waals surface area (Å²) in [7, 11) is 0. The predicted octanol–water partition coefficient (Wildman–Crippen LogP) is 2.45. The van der Waals surface area contributed by atoms with Gasteiger partial charge in [-0.15, -0.1) is 11.3 Å². The predicted molar refractivity (Wildman–Crippen MR) is 111 cm³/mol. The Bertz CT molecular complexity index is 1000. The van der Waals surface area contributed by atoms with E-state index in [0.29, 0.717) is 59.7 Å². The van der Waals surface area contributed by atoms with Crippen molar-refractivity contribution >= 4 is 33.6 Å². The monoisotopic (exact) mass is 418 g/mol. The Hall–Kier alpha value is -2.42. The van der Waals surface area contributed by atoms with Crippen molar-refractivity contribution in [2.75, 3.05) is 19.7 Å². The summed E-state index contributed by atoms with van der Waals surface area (Å²) in [5.41, 5.74) is 0.685. The summed E-state index contributed by atoms with van der Waals surface area (Å²) in [4.78, 5) is 45.2. The highest BCUT2D eigenvalue weighted by atomic mass is 32.1. The second-order valence-electron chi connectivity index (χ2n) is 7.61. The van der Waals surface area contributed by atoms with Gasteiger partial charge in [0.1, 0.15) is 10.7 Å². The molecule has 4 rings (SSSR count). The zero-order valence-electron chi connectivity index (χ0n) is 16.8. The maximum atomic E-state index is 12.9. The number of amides is 2. The van der Waals surface area contributed by atoms with Crippen LogP contribution in [0.25, 0.3) is 10.2 Å². The van der Waals surface area contributed by atoms with Crippen molar-refractivity contribution < 1.29 is 14.3 Å². The third-order valence-corrected chi connectivity index (χ3v) is 6.91. The van der Waals surface area contributed by atoms with Crippen molar-refractivity contribution in [3.8, 4) is 0 Å². The number of likely N-dealkylation sites (tertiary alicyclic amines) is 1. The maximum Gasteiger partial charge on any atom is 0.409 e. The summed E-state index contributed by atoms with van der Waals surface area (Å²) in [6.07, 6.45) is 3.91. The summed E-state index contributed by atoms with van der Waals surface area (Å²) in [5.74, 6) is 0.663. The quantitative estimate of drug-likeness (QED) is 0.826. The number of hydrogen-bond acceptors (Lipinski definition) is 6. The minimum atomic E-state index is -0.298. The second-order valence-corrected chi connectivity index (χ2v) is 8.61. The van der Waals surface area contributed by atoms with Crippen LogP contribution in [-0.4, -0.2) is 52.2 Å². The highest BCUT2D eigenvalue weighted by Crippen LogP contribution is 2.28. The van der Waals surface area contributed by atoms with Crippen LogP contribution in [0, 0.1) is 6.92 Å². The summed E-state index contributed by atoms with van der Waals surface area (Å²) >= 11 is 1.30. The number of hydrogen-bond donors (Lipinski definition) is 1. The van der Waals surface area contributed by atoms with Crippen LogP contribution >= 0.6 is 11.3 Å². The van der Waals surface area contributed by atoms with E-state index in [9.17, 15) is 14.4 Å². The molecule has 0 unspecified atom stereocenters. The van der Waals surface area contributed by atoms with Gasteiger partial charge in [-0.2, -0.15) is 0 Å². The molecule has 1 saturated heterocycles. The number of aryl methyl sites for hydroxylation is 2.